The van der Waals surface area contributed by atoms with Crippen molar-refractivity contribution >= 4 is 34.9 Å². The molecule has 1 aliphatic carbocycles. The van der Waals surface area contributed by atoms with Crippen LogP contribution < -0.4 is 24.6 Å². The molecule has 1 N–H and O–H groups in total. The van der Waals surface area contributed by atoms with Crippen LogP contribution in [-0.4, -0.2) is 73.2 Å². The molecule has 54 heavy (non-hydrogen) atoms. The van der Waals surface area contributed by atoms with Crippen LogP contribution in [0.3, 0.4) is 0 Å². The normalized spacial score (nSPS) is 20.1. The number of ether oxygens (including phenoxy) is 2. The molecule has 7 rings (SSSR count). The SMILES string of the molecule is CC1(C)C(NC(=O)c2ccc(N3CCN(CCOc4cccc5c4CN(c4ccc(F)cc4F)C5=O)CC3)nc2)C(C)(C)C1Oc1ccc(C#N)c(Cl)c1. The summed E-state index contributed by atoms with van der Waals surface area (Å²) in [4.78, 5) is 36.9. The number of aromatic nitrogens is 1. The Labute approximate surface area is 318 Å². The maximum Gasteiger partial charge on any atom is 0.259 e. The number of fused-ring (bicyclic) bond motifs is 1. The van der Waals surface area contributed by atoms with Gasteiger partial charge in [-0.1, -0.05) is 45.4 Å². The predicted octanol–water partition coefficient (Wildman–Crippen LogP) is 6.86. The molecule has 3 aromatic carbocycles. The van der Waals surface area contributed by atoms with E-state index in [1.165, 1.54) is 11.0 Å². The van der Waals surface area contributed by atoms with E-state index >= 15 is 0 Å². The highest BCUT2D eigenvalue weighted by molar-refractivity contribution is 6.31. The number of amides is 2. The molecule has 2 aliphatic heterocycles. The quantitative estimate of drug-likeness (QED) is 0.187. The monoisotopic (exact) mass is 754 g/mol. The average Bonchev–Trinajstić information content (AvgIpc) is 3.49. The first-order valence-electron chi connectivity index (χ1n) is 17.9. The molecule has 3 aliphatic rings. The van der Waals surface area contributed by atoms with E-state index in [1.54, 1.807) is 48.7 Å². The first kappa shape index (κ1) is 37.1. The highest BCUT2D eigenvalue weighted by Gasteiger charge is 2.64. The Hall–Kier alpha value is -5.25. The van der Waals surface area contributed by atoms with Crippen molar-refractivity contribution in [3.05, 3.63) is 112 Å². The number of halogens is 3. The first-order valence-corrected chi connectivity index (χ1v) is 18.3. The van der Waals surface area contributed by atoms with Gasteiger partial charge in [0.2, 0.25) is 0 Å². The molecule has 10 nitrogen and oxygen atoms in total. The van der Waals surface area contributed by atoms with Crippen LogP contribution in [0.4, 0.5) is 20.3 Å². The maximum absolute atomic E-state index is 14.5. The zero-order chi connectivity index (χ0) is 38.4. The second kappa shape index (κ2) is 14.5. The summed E-state index contributed by atoms with van der Waals surface area (Å²) in [7, 11) is 0. The van der Waals surface area contributed by atoms with Gasteiger partial charge < -0.3 is 24.6 Å². The number of nitrogens with one attached hydrogen (secondary N) is 1. The summed E-state index contributed by atoms with van der Waals surface area (Å²) in [6, 6.07) is 19.0. The van der Waals surface area contributed by atoms with Crippen LogP contribution in [0.1, 0.15) is 59.5 Å². The Kier molecular flexibility index (Phi) is 9.98. The van der Waals surface area contributed by atoms with Crippen LogP contribution in [0.25, 0.3) is 0 Å². The molecular weight excluding hydrogens is 714 g/mol. The lowest BCUT2D eigenvalue weighted by Crippen LogP contribution is -2.74. The molecule has 4 aromatic rings. The Morgan fingerprint density at radius 1 is 1.02 bits per heavy atom. The minimum Gasteiger partial charge on any atom is -0.492 e. The van der Waals surface area contributed by atoms with Gasteiger partial charge in [-0.3, -0.25) is 14.5 Å². The summed E-state index contributed by atoms with van der Waals surface area (Å²) in [6.45, 7) is 12.6. The van der Waals surface area contributed by atoms with Crippen molar-refractivity contribution in [1.82, 2.24) is 15.2 Å². The van der Waals surface area contributed by atoms with Crippen LogP contribution in [0, 0.1) is 33.8 Å². The number of carbonyl (C=O) groups is 2. The van der Waals surface area contributed by atoms with Crippen LogP contribution >= 0.6 is 11.6 Å². The van der Waals surface area contributed by atoms with E-state index in [4.69, 9.17) is 21.1 Å². The lowest BCUT2D eigenvalue weighted by Gasteiger charge is -2.63. The molecule has 0 radical (unpaired) electrons. The summed E-state index contributed by atoms with van der Waals surface area (Å²) < 4.78 is 40.4. The maximum atomic E-state index is 14.5. The molecule has 3 heterocycles. The molecule has 280 valence electrons. The minimum absolute atomic E-state index is 0.0314. The van der Waals surface area contributed by atoms with Gasteiger partial charge in [-0.05, 0) is 48.5 Å². The smallest absolute Gasteiger partial charge is 0.259 e. The zero-order valence-corrected chi connectivity index (χ0v) is 31.3. The minimum atomic E-state index is -0.791. The number of nitriles is 1. The summed E-state index contributed by atoms with van der Waals surface area (Å²) in [6.07, 6.45) is 1.41. The highest BCUT2D eigenvalue weighted by atomic mass is 35.5. The fourth-order valence-corrected chi connectivity index (χ4v) is 8.55. The Balaban J connectivity index is 0.884. The lowest BCUT2D eigenvalue weighted by molar-refractivity contribution is -0.164. The van der Waals surface area contributed by atoms with Gasteiger partial charge in [0.1, 0.15) is 47.7 Å². The second-order valence-electron chi connectivity index (χ2n) is 15.2. The number of piperazine rings is 1. The molecule has 0 spiro atoms. The van der Waals surface area contributed by atoms with E-state index < -0.39 is 11.6 Å². The van der Waals surface area contributed by atoms with Gasteiger partial charge >= 0.3 is 0 Å². The molecule has 13 heteroatoms. The van der Waals surface area contributed by atoms with E-state index in [-0.39, 0.29) is 47.0 Å². The molecule has 0 atom stereocenters. The van der Waals surface area contributed by atoms with Crippen molar-refractivity contribution in [3.63, 3.8) is 0 Å². The average molecular weight is 755 g/mol. The van der Waals surface area contributed by atoms with Gasteiger partial charge in [0.05, 0.1) is 28.4 Å². The van der Waals surface area contributed by atoms with Gasteiger partial charge in [-0.15, -0.1) is 0 Å². The largest absolute Gasteiger partial charge is 0.492 e. The van der Waals surface area contributed by atoms with Gasteiger partial charge in [-0.25, -0.2) is 13.8 Å². The van der Waals surface area contributed by atoms with Crippen LogP contribution in [0.5, 0.6) is 11.5 Å². The summed E-state index contributed by atoms with van der Waals surface area (Å²) >= 11 is 6.23. The van der Waals surface area contributed by atoms with E-state index in [0.717, 1.165) is 44.1 Å². The van der Waals surface area contributed by atoms with Crippen molar-refractivity contribution in [2.75, 3.05) is 49.1 Å². The number of nitrogens with zero attached hydrogens (tertiary/aromatic N) is 5. The van der Waals surface area contributed by atoms with E-state index in [1.807, 2.05) is 6.07 Å². The topological polar surface area (TPSA) is 111 Å². The number of benzene rings is 3. The highest BCUT2D eigenvalue weighted by Crippen LogP contribution is 2.55. The van der Waals surface area contributed by atoms with Crippen molar-refractivity contribution in [3.8, 4) is 17.6 Å². The van der Waals surface area contributed by atoms with Gasteiger partial charge in [-0.2, -0.15) is 5.26 Å². The number of hydrogen-bond acceptors (Lipinski definition) is 8. The van der Waals surface area contributed by atoms with Gasteiger partial charge in [0, 0.05) is 79.1 Å². The number of carbonyl (C=O) groups excluding carboxylic acids is 2. The molecule has 1 saturated heterocycles. The Bertz CT molecular complexity index is 2120. The van der Waals surface area contributed by atoms with E-state index in [2.05, 4.69) is 53.9 Å². The summed E-state index contributed by atoms with van der Waals surface area (Å²) in [5.41, 5.74) is 1.26. The molecule has 2 fully saturated rings. The van der Waals surface area contributed by atoms with Crippen molar-refractivity contribution < 1.29 is 27.8 Å². The third kappa shape index (κ3) is 6.94. The summed E-state index contributed by atoms with van der Waals surface area (Å²) in [5.74, 6) is -0.0908. The third-order valence-corrected chi connectivity index (χ3v) is 11.2. The van der Waals surface area contributed by atoms with Crippen LogP contribution in [0.2, 0.25) is 5.02 Å². The van der Waals surface area contributed by atoms with Gasteiger partial charge in [0.25, 0.3) is 11.8 Å². The van der Waals surface area contributed by atoms with Crippen LogP contribution in [0.15, 0.2) is 72.9 Å². The second-order valence-corrected chi connectivity index (χ2v) is 15.6. The van der Waals surface area contributed by atoms with Gasteiger partial charge in [0.15, 0.2) is 0 Å². The molecular formula is C41H41ClF2N6O4. The van der Waals surface area contributed by atoms with E-state index in [9.17, 15) is 23.6 Å². The molecule has 0 bridgehead atoms. The van der Waals surface area contributed by atoms with Crippen molar-refractivity contribution in [2.45, 2.75) is 46.4 Å². The third-order valence-electron chi connectivity index (χ3n) is 10.9. The standard InChI is InChI=1S/C41H41ClF2N6O4/c1-40(2)38(41(3,4)39(40)54-28-11-8-25(22-45)31(42)21-28)47-36(51)26-9-13-35(46-23-26)49-16-14-48(15-17-49)18-19-53-34-7-5-6-29-30(34)24-50(37(29)52)33-12-10-27(43)20-32(33)44/h5-13,20-21,23,38-39H,14-19,24H2,1-4H3,(H,47,51). The van der Waals surface area contributed by atoms with E-state index in [0.29, 0.717) is 51.9 Å². The lowest BCUT2D eigenvalue weighted by atomic mass is 9.49. The Morgan fingerprint density at radius 3 is 2.44 bits per heavy atom. The number of pyridine rings is 1. The molecule has 2 amide bonds. The van der Waals surface area contributed by atoms with Crippen molar-refractivity contribution in [1.29, 1.82) is 5.26 Å². The number of hydrogen-bond donors (Lipinski definition) is 1. The molecule has 0 unspecified atom stereocenters. The molecule has 1 saturated carbocycles. The number of anilines is 2. The number of rotatable bonds is 10. The fourth-order valence-electron chi connectivity index (χ4n) is 8.34. The first-order chi connectivity index (χ1) is 25.8. The van der Waals surface area contributed by atoms with Crippen LogP contribution in [-0.2, 0) is 6.54 Å². The fraction of sp³-hybridized carbons (Fsp3) is 0.366. The Morgan fingerprint density at radius 2 is 1.78 bits per heavy atom. The molecule has 1 aromatic heterocycles. The summed E-state index contributed by atoms with van der Waals surface area (Å²) in [5, 5.41) is 12.7. The van der Waals surface area contributed by atoms with Crippen molar-refractivity contribution in [2.24, 2.45) is 10.8 Å². The zero-order valence-electron chi connectivity index (χ0n) is 30.5. The predicted molar refractivity (Wildman–Crippen MR) is 201 cm³/mol.